The van der Waals surface area contributed by atoms with Crippen molar-refractivity contribution in [3.8, 4) is 16.9 Å². The monoisotopic (exact) mass is 578 g/mol. The zero-order chi connectivity index (χ0) is 28.2. The first-order valence-corrected chi connectivity index (χ1v) is 14.4. The molecule has 0 unspecified atom stereocenters. The van der Waals surface area contributed by atoms with E-state index in [1.807, 2.05) is 84.7 Å². The number of hydrogen-bond donors (Lipinski definition) is 0. The summed E-state index contributed by atoms with van der Waals surface area (Å²) in [5, 5.41) is 12.7. The van der Waals surface area contributed by atoms with E-state index >= 15 is 0 Å². The van der Waals surface area contributed by atoms with Crippen LogP contribution in [0.25, 0.3) is 11.1 Å². The quantitative estimate of drug-likeness (QED) is 0.125. The third-order valence-corrected chi connectivity index (χ3v) is 9.71. The Bertz CT molecular complexity index is 1840. The number of anilines is 2. The number of hydrogen-bond acceptors (Lipinski definition) is 8. The normalized spacial score (nSPS) is 18.1. The van der Waals surface area contributed by atoms with Crippen LogP contribution in [0.15, 0.2) is 105 Å². The lowest BCUT2D eigenvalue weighted by Gasteiger charge is -2.17. The molecule has 0 bridgehead atoms. The standard InChI is InChI=1S/C31H22N4O4S2/c1-33-26-17-23(39-2)10-13-27(26)40-30(33)28-29(36)34(21-6-4-3-5-7-21)31(41-28)32-20-8-11-24-18(15-20)14-19-16-22(35(37)38)9-12-25(19)24/h3-13,15-17H,14H2,1-2H3/b30-28-,32-31?. The molecule has 1 fully saturated rings. The summed E-state index contributed by atoms with van der Waals surface area (Å²) in [6.07, 6.45) is 0.595. The molecule has 0 atom stereocenters. The molecule has 41 heavy (non-hydrogen) atoms. The Balaban J connectivity index is 1.27. The van der Waals surface area contributed by atoms with E-state index in [4.69, 9.17) is 9.73 Å². The van der Waals surface area contributed by atoms with Crippen molar-refractivity contribution in [3.63, 3.8) is 0 Å². The number of nitro groups is 1. The summed E-state index contributed by atoms with van der Waals surface area (Å²) in [5.41, 5.74) is 6.57. The lowest BCUT2D eigenvalue weighted by molar-refractivity contribution is -0.384. The third kappa shape index (κ3) is 4.27. The lowest BCUT2D eigenvalue weighted by atomic mass is 10.1. The summed E-state index contributed by atoms with van der Waals surface area (Å²) in [6.45, 7) is 0. The molecule has 2 aliphatic heterocycles. The number of methoxy groups -OCH3 is 1. The number of amides is 1. The molecule has 2 heterocycles. The molecule has 10 heteroatoms. The number of rotatable bonds is 4. The minimum atomic E-state index is -0.367. The molecule has 0 N–H and O–H groups in total. The molecule has 4 aromatic carbocycles. The molecule has 0 radical (unpaired) electrons. The second kappa shape index (κ2) is 9.83. The van der Waals surface area contributed by atoms with Gasteiger partial charge >= 0.3 is 0 Å². The number of nitrogens with zero attached hydrogens (tertiary/aromatic N) is 4. The first kappa shape index (κ1) is 25.4. The number of fused-ring (bicyclic) bond motifs is 4. The van der Waals surface area contributed by atoms with Gasteiger partial charge in [-0.3, -0.25) is 19.8 Å². The van der Waals surface area contributed by atoms with E-state index in [1.165, 1.54) is 11.8 Å². The number of para-hydroxylation sites is 1. The van der Waals surface area contributed by atoms with E-state index < -0.39 is 0 Å². The highest BCUT2D eigenvalue weighted by Crippen LogP contribution is 2.51. The van der Waals surface area contributed by atoms with Gasteiger partial charge in [-0.25, -0.2) is 4.99 Å². The Kier molecular flexibility index (Phi) is 6.09. The summed E-state index contributed by atoms with van der Waals surface area (Å²) in [4.78, 5) is 35.2. The van der Waals surface area contributed by atoms with Gasteiger partial charge in [0.1, 0.15) is 10.7 Å². The smallest absolute Gasteiger partial charge is 0.274 e. The number of amidine groups is 1. The minimum Gasteiger partial charge on any atom is -0.497 e. The third-order valence-electron chi connectivity index (χ3n) is 7.31. The van der Waals surface area contributed by atoms with E-state index in [-0.39, 0.29) is 16.5 Å². The van der Waals surface area contributed by atoms with Crippen LogP contribution >= 0.6 is 23.5 Å². The number of aliphatic imine (C=N–C) groups is 1. The van der Waals surface area contributed by atoms with Gasteiger partial charge in [0.15, 0.2) is 5.17 Å². The summed E-state index contributed by atoms with van der Waals surface area (Å²) >= 11 is 2.92. The second-order valence-electron chi connectivity index (χ2n) is 9.72. The molecule has 7 rings (SSSR count). The van der Waals surface area contributed by atoms with Crippen molar-refractivity contribution in [1.29, 1.82) is 0 Å². The van der Waals surface area contributed by atoms with Gasteiger partial charge < -0.3 is 9.64 Å². The van der Waals surface area contributed by atoms with E-state index in [9.17, 15) is 14.9 Å². The Labute approximate surface area is 244 Å². The highest BCUT2D eigenvalue weighted by atomic mass is 32.2. The van der Waals surface area contributed by atoms with Gasteiger partial charge in [0, 0.05) is 30.1 Å². The van der Waals surface area contributed by atoms with Crippen LogP contribution in [-0.2, 0) is 11.2 Å². The van der Waals surface area contributed by atoms with Gasteiger partial charge in [-0.15, -0.1) is 0 Å². The van der Waals surface area contributed by atoms with Gasteiger partial charge in [0.25, 0.3) is 11.6 Å². The molecule has 1 saturated heterocycles. The van der Waals surface area contributed by atoms with Crippen LogP contribution in [0, 0.1) is 10.1 Å². The summed E-state index contributed by atoms with van der Waals surface area (Å²) < 4.78 is 5.42. The van der Waals surface area contributed by atoms with E-state index in [0.29, 0.717) is 22.2 Å². The van der Waals surface area contributed by atoms with Gasteiger partial charge in [-0.1, -0.05) is 36.0 Å². The van der Waals surface area contributed by atoms with Crippen LogP contribution in [0.5, 0.6) is 5.75 Å². The van der Waals surface area contributed by atoms with Crippen LogP contribution in [0.3, 0.4) is 0 Å². The van der Waals surface area contributed by atoms with E-state index in [1.54, 1.807) is 35.9 Å². The van der Waals surface area contributed by atoms with E-state index in [2.05, 4.69) is 0 Å². The number of carbonyl (C=O) groups excluding carboxylic acids is 1. The second-order valence-corrected chi connectivity index (χ2v) is 11.7. The van der Waals surface area contributed by atoms with Crippen molar-refractivity contribution in [2.24, 2.45) is 4.99 Å². The molecule has 202 valence electrons. The minimum absolute atomic E-state index is 0.0901. The Morgan fingerprint density at radius 3 is 2.44 bits per heavy atom. The number of carbonyl (C=O) groups is 1. The topological polar surface area (TPSA) is 88.3 Å². The molecule has 0 saturated carbocycles. The molecule has 1 aliphatic carbocycles. The van der Waals surface area contributed by atoms with Crippen molar-refractivity contribution in [1.82, 2.24) is 0 Å². The predicted octanol–water partition coefficient (Wildman–Crippen LogP) is 7.35. The van der Waals surface area contributed by atoms with Crippen molar-refractivity contribution in [2.45, 2.75) is 11.3 Å². The van der Waals surface area contributed by atoms with Crippen LogP contribution in [0.1, 0.15) is 11.1 Å². The van der Waals surface area contributed by atoms with Crippen LogP contribution in [-0.4, -0.2) is 30.2 Å². The maximum Gasteiger partial charge on any atom is 0.274 e. The number of ether oxygens (including phenoxy) is 1. The van der Waals surface area contributed by atoms with Crippen molar-refractivity contribution >= 4 is 57.3 Å². The summed E-state index contributed by atoms with van der Waals surface area (Å²) in [5.74, 6) is 0.629. The Morgan fingerprint density at radius 2 is 1.68 bits per heavy atom. The Hall–Kier alpha value is -4.54. The molecule has 4 aromatic rings. The Morgan fingerprint density at radius 1 is 0.927 bits per heavy atom. The average molecular weight is 579 g/mol. The molecular weight excluding hydrogens is 556 g/mol. The van der Waals surface area contributed by atoms with Gasteiger partial charge in [-0.05, 0) is 82.9 Å². The first-order valence-electron chi connectivity index (χ1n) is 12.8. The SMILES string of the molecule is COc1ccc2c(c1)N(C)/C(=C1/SC(=Nc3ccc4c(c3)Cc3cc([N+](=O)[O-])ccc3-4)N(c3ccccc3)C1=O)S2. The van der Waals surface area contributed by atoms with Gasteiger partial charge in [-0.2, -0.15) is 0 Å². The maximum atomic E-state index is 14.0. The molecule has 3 aliphatic rings. The summed E-state index contributed by atoms with van der Waals surface area (Å²) in [6, 6.07) is 26.4. The van der Waals surface area contributed by atoms with Gasteiger partial charge in [0.2, 0.25) is 0 Å². The van der Waals surface area contributed by atoms with Crippen LogP contribution in [0.2, 0.25) is 0 Å². The fraction of sp³-hybridized carbons (Fsp3) is 0.0968. The largest absolute Gasteiger partial charge is 0.497 e. The highest BCUT2D eigenvalue weighted by molar-refractivity contribution is 8.20. The number of thioether (sulfide) groups is 2. The van der Waals surface area contributed by atoms with Crippen molar-refractivity contribution in [2.75, 3.05) is 24.0 Å². The molecule has 0 spiro atoms. The van der Waals surface area contributed by atoms with Crippen LogP contribution < -0.4 is 14.5 Å². The molecule has 1 amide bonds. The average Bonchev–Trinajstić information content (AvgIpc) is 3.62. The summed E-state index contributed by atoms with van der Waals surface area (Å²) in [7, 11) is 3.60. The maximum absolute atomic E-state index is 14.0. The molecule has 0 aromatic heterocycles. The number of benzene rings is 4. The predicted molar refractivity (Wildman–Crippen MR) is 164 cm³/mol. The van der Waals surface area contributed by atoms with E-state index in [0.717, 1.165) is 49.3 Å². The zero-order valence-corrected chi connectivity index (χ0v) is 23.7. The molecular formula is C31H22N4O4S2. The number of non-ortho nitro benzene ring substituents is 1. The van der Waals surface area contributed by atoms with Crippen molar-refractivity contribution in [3.05, 3.63) is 116 Å². The lowest BCUT2D eigenvalue weighted by Crippen LogP contribution is -2.29. The fourth-order valence-corrected chi connectivity index (χ4v) is 7.64. The first-order chi connectivity index (χ1) is 19.9. The fourth-order valence-electron chi connectivity index (χ4n) is 5.31. The van der Waals surface area contributed by atoms with Crippen LogP contribution in [0.4, 0.5) is 22.7 Å². The van der Waals surface area contributed by atoms with Crippen molar-refractivity contribution < 1.29 is 14.5 Å². The highest BCUT2D eigenvalue weighted by Gasteiger charge is 2.40. The molecule has 8 nitrogen and oxygen atoms in total. The van der Waals surface area contributed by atoms with Gasteiger partial charge in [0.05, 0.1) is 34.1 Å². The zero-order valence-electron chi connectivity index (χ0n) is 22.0. The number of nitro benzene ring substituents is 1.